The fourth-order valence-electron chi connectivity index (χ4n) is 2.88. The number of nitrogens with zero attached hydrogens (tertiary/aromatic N) is 2. The van der Waals surface area contributed by atoms with E-state index in [-0.39, 0.29) is 11.5 Å². The zero-order chi connectivity index (χ0) is 17.4. The molecule has 1 aromatic carbocycles. The van der Waals surface area contributed by atoms with Crippen molar-refractivity contribution in [1.82, 2.24) is 14.9 Å². The highest BCUT2D eigenvalue weighted by Gasteiger charge is 2.16. The second-order valence-electron chi connectivity index (χ2n) is 5.78. The molecule has 0 saturated heterocycles. The van der Waals surface area contributed by atoms with Crippen molar-refractivity contribution in [2.75, 3.05) is 0 Å². The van der Waals surface area contributed by atoms with Crippen LogP contribution < -0.4 is 10.9 Å². The Morgan fingerprint density at radius 1 is 1.20 bits per heavy atom. The first-order valence-electron chi connectivity index (χ1n) is 7.83. The van der Waals surface area contributed by atoms with Gasteiger partial charge in [-0.05, 0) is 23.8 Å². The Morgan fingerprint density at radius 2 is 2.04 bits per heavy atom. The molecule has 25 heavy (non-hydrogen) atoms. The Morgan fingerprint density at radius 3 is 2.84 bits per heavy atom. The monoisotopic (exact) mass is 349 g/mol. The van der Waals surface area contributed by atoms with Crippen molar-refractivity contribution >= 4 is 38.2 Å². The number of carbonyl (C=O) groups excluding carboxylic acids is 1. The van der Waals surface area contributed by atoms with Gasteiger partial charge in [0.2, 0.25) is 0 Å². The fourth-order valence-corrected chi connectivity index (χ4v) is 3.98. The van der Waals surface area contributed by atoms with E-state index in [0.29, 0.717) is 16.8 Å². The molecule has 3 heterocycles. The van der Waals surface area contributed by atoms with Gasteiger partial charge in [-0.1, -0.05) is 24.3 Å². The summed E-state index contributed by atoms with van der Waals surface area (Å²) in [4.78, 5) is 29.6. The van der Waals surface area contributed by atoms with Crippen LogP contribution in [-0.2, 0) is 13.6 Å². The lowest BCUT2D eigenvalue weighted by Crippen LogP contribution is -2.21. The highest BCUT2D eigenvalue weighted by molar-refractivity contribution is 7.21. The summed E-state index contributed by atoms with van der Waals surface area (Å²) >= 11 is 1.35. The van der Waals surface area contributed by atoms with Crippen LogP contribution in [0.1, 0.15) is 15.2 Å². The third-order valence-corrected chi connectivity index (χ3v) is 5.34. The van der Waals surface area contributed by atoms with Crippen molar-refractivity contribution < 1.29 is 4.79 Å². The van der Waals surface area contributed by atoms with Gasteiger partial charge < -0.3 is 9.88 Å². The molecule has 0 spiro atoms. The normalized spacial score (nSPS) is 11.1. The van der Waals surface area contributed by atoms with Crippen LogP contribution >= 0.6 is 11.3 Å². The number of pyridine rings is 2. The van der Waals surface area contributed by atoms with E-state index in [1.54, 1.807) is 30.1 Å². The Labute approximate surface area is 147 Å². The molecule has 4 aromatic rings. The summed E-state index contributed by atoms with van der Waals surface area (Å²) in [6.45, 7) is 0.402. The molecule has 0 aliphatic rings. The van der Waals surface area contributed by atoms with Crippen molar-refractivity contribution in [2.45, 2.75) is 6.54 Å². The maximum atomic E-state index is 12.6. The van der Waals surface area contributed by atoms with Crippen LogP contribution in [0.5, 0.6) is 0 Å². The van der Waals surface area contributed by atoms with Gasteiger partial charge in [0.15, 0.2) is 0 Å². The van der Waals surface area contributed by atoms with Crippen molar-refractivity contribution in [3.63, 3.8) is 0 Å². The molecule has 6 heteroatoms. The number of para-hydroxylation sites is 1. The number of aromatic nitrogens is 2. The number of benzene rings is 1. The number of carbonyl (C=O) groups is 1. The molecule has 1 N–H and O–H groups in total. The van der Waals surface area contributed by atoms with Gasteiger partial charge in [-0.15, -0.1) is 11.3 Å². The summed E-state index contributed by atoms with van der Waals surface area (Å²) in [5.41, 5.74) is 1.71. The largest absolute Gasteiger partial charge is 0.347 e. The smallest absolute Gasteiger partial charge is 0.261 e. The minimum absolute atomic E-state index is 0.0868. The minimum atomic E-state index is -0.184. The average molecular weight is 349 g/mol. The maximum Gasteiger partial charge on any atom is 0.261 e. The van der Waals surface area contributed by atoms with Gasteiger partial charge in [-0.2, -0.15) is 0 Å². The van der Waals surface area contributed by atoms with E-state index in [9.17, 15) is 9.59 Å². The molecule has 0 bridgehead atoms. The molecule has 3 aromatic heterocycles. The first-order chi connectivity index (χ1) is 12.1. The zero-order valence-electron chi connectivity index (χ0n) is 13.5. The standard InChI is InChI=1S/C19H15N3O2S/c1-22-15-7-3-2-6-13(15)17-14(19(22)24)9-16(25-17)18(23)21-11-12-5-4-8-20-10-12/h2-10H,11H2,1H3,(H,21,23). The minimum Gasteiger partial charge on any atom is -0.347 e. The molecule has 1 amide bonds. The molecule has 0 aliphatic carbocycles. The van der Waals surface area contributed by atoms with E-state index in [2.05, 4.69) is 10.3 Å². The molecular formula is C19H15N3O2S. The molecule has 0 aliphatic heterocycles. The number of thiophene rings is 1. The van der Waals surface area contributed by atoms with Crippen LogP contribution in [0.2, 0.25) is 0 Å². The number of nitrogens with one attached hydrogen (secondary N) is 1. The van der Waals surface area contributed by atoms with E-state index in [1.165, 1.54) is 11.3 Å². The Balaban J connectivity index is 1.74. The van der Waals surface area contributed by atoms with Gasteiger partial charge in [0.25, 0.3) is 11.5 Å². The third kappa shape index (κ3) is 2.70. The van der Waals surface area contributed by atoms with Crippen molar-refractivity contribution in [2.24, 2.45) is 7.05 Å². The van der Waals surface area contributed by atoms with E-state index in [1.807, 2.05) is 36.4 Å². The Hall–Kier alpha value is -2.99. The number of rotatable bonds is 3. The van der Waals surface area contributed by atoms with Crippen molar-refractivity contribution in [3.05, 3.63) is 75.7 Å². The van der Waals surface area contributed by atoms with Crippen LogP contribution in [0.25, 0.3) is 21.0 Å². The molecule has 0 atom stereocenters. The summed E-state index contributed by atoms with van der Waals surface area (Å²) in [5, 5.41) is 4.44. The lowest BCUT2D eigenvalue weighted by Gasteiger charge is -2.05. The first-order valence-corrected chi connectivity index (χ1v) is 8.65. The highest BCUT2D eigenvalue weighted by Crippen LogP contribution is 2.30. The maximum absolute atomic E-state index is 12.6. The predicted octanol–water partition coefficient (Wildman–Crippen LogP) is 3.08. The highest BCUT2D eigenvalue weighted by atomic mass is 32.1. The molecule has 4 rings (SSSR count). The fraction of sp³-hybridized carbons (Fsp3) is 0.105. The second-order valence-corrected chi connectivity index (χ2v) is 6.83. The lowest BCUT2D eigenvalue weighted by molar-refractivity contribution is 0.0955. The molecule has 124 valence electrons. The summed E-state index contributed by atoms with van der Waals surface area (Å²) in [5.74, 6) is -0.184. The summed E-state index contributed by atoms with van der Waals surface area (Å²) in [6, 6.07) is 13.2. The molecule has 0 fully saturated rings. The second kappa shape index (κ2) is 6.14. The van der Waals surface area contributed by atoms with Crippen LogP contribution in [0.15, 0.2) is 59.7 Å². The van der Waals surface area contributed by atoms with Gasteiger partial charge in [-0.25, -0.2) is 0 Å². The van der Waals surface area contributed by atoms with Crippen LogP contribution in [-0.4, -0.2) is 15.5 Å². The van der Waals surface area contributed by atoms with E-state index >= 15 is 0 Å². The molecule has 5 nitrogen and oxygen atoms in total. The number of hydrogen-bond donors (Lipinski definition) is 1. The molecule has 0 saturated carbocycles. The Bertz CT molecular complexity index is 1150. The predicted molar refractivity (Wildman–Crippen MR) is 100.0 cm³/mol. The zero-order valence-corrected chi connectivity index (χ0v) is 14.3. The first kappa shape index (κ1) is 15.5. The van der Waals surface area contributed by atoms with Gasteiger partial charge in [0, 0.05) is 36.1 Å². The lowest BCUT2D eigenvalue weighted by atomic mass is 10.2. The number of hydrogen-bond acceptors (Lipinski definition) is 4. The average Bonchev–Trinajstić information content (AvgIpc) is 3.11. The summed E-state index contributed by atoms with van der Waals surface area (Å²) in [7, 11) is 1.75. The Kier molecular flexibility index (Phi) is 3.82. The summed E-state index contributed by atoms with van der Waals surface area (Å²) < 4.78 is 2.48. The molecule has 0 unspecified atom stereocenters. The van der Waals surface area contributed by atoms with E-state index in [0.717, 1.165) is 21.2 Å². The van der Waals surface area contributed by atoms with Gasteiger partial charge in [-0.3, -0.25) is 14.6 Å². The number of fused-ring (bicyclic) bond motifs is 3. The van der Waals surface area contributed by atoms with E-state index in [4.69, 9.17) is 0 Å². The quantitative estimate of drug-likeness (QED) is 0.618. The molecule has 0 radical (unpaired) electrons. The van der Waals surface area contributed by atoms with Crippen molar-refractivity contribution in [1.29, 1.82) is 0 Å². The van der Waals surface area contributed by atoms with E-state index < -0.39 is 0 Å². The van der Waals surface area contributed by atoms with Crippen LogP contribution in [0, 0.1) is 0 Å². The van der Waals surface area contributed by atoms with Crippen LogP contribution in [0.4, 0.5) is 0 Å². The number of amides is 1. The van der Waals surface area contributed by atoms with Crippen LogP contribution in [0.3, 0.4) is 0 Å². The van der Waals surface area contributed by atoms with Gasteiger partial charge >= 0.3 is 0 Å². The third-order valence-electron chi connectivity index (χ3n) is 4.18. The van der Waals surface area contributed by atoms with Gasteiger partial charge in [0.1, 0.15) is 0 Å². The summed E-state index contributed by atoms with van der Waals surface area (Å²) in [6.07, 6.45) is 3.41. The number of aryl methyl sites for hydroxylation is 1. The molecular weight excluding hydrogens is 334 g/mol. The van der Waals surface area contributed by atoms with Gasteiger partial charge in [0.05, 0.1) is 15.8 Å². The topological polar surface area (TPSA) is 64.0 Å². The SMILES string of the molecule is Cn1c(=O)c2cc(C(=O)NCc3cccnc3)sc2c2ccccc21. The van der Waals surface area contributed by atoms with Crippen molar-refractivity contribution in [3.8, 4) is 0 Å².